The lowest BCUT2D eigenvalue weighted by atomic mass is 10.3. The van der Waals surface area contributed by atoms with Crippen molar-refractivity contribution in [1.82, 2.24) is 5.48 Å². The van der Waals surface area contributed by atoms with Gasteiger partial charge in [-0.15, -0.1) is 0 Å². The van der Waals surface area contributed by atoms with Gasteiger partial charge in [0.25, 0.3) is 0 Å². The van der Waals surface area contributed by atoms with E-state index in [1.54, 1.807) is 0 Å². The van der Waals surface area contributed by atoms with Gasteiger partial charge in [0.15, 0.2) is 0 Å². The minimum atomic E-state index is -0.770. The topological polar surface area (TPSA) is 58.6 Å². The van der Waals surface area contributed by atoms with Gasteiger partial charge < -0.3 is 9.94 Å². The summed E-state index contributed by atoms with van der Waals surface area (Å²) in [7, 11) is 1.50. The van der Waals surface area contributed by atoms with Gasteiger partial charge in [0.05, 0.1) is 7.11 Å². The van der Waals surface area contributed by atoms with Crippen LogP contribution in [0, 0.1) is 0 Å². The number of nitrogens with one attached hydrogen (secondary N) is 1. The van der Waals surface area contributed by atoms with Gasteiger partial charge >= 0.3 is 5.97 Å². The van der Waals surface area contributed by atoms with Crippen molar-refractivity contribution in [2.24, 2.45) is 0 Å². The smallest absolute Gasteiger partial charge is 0.303 e. The van der Waals surface area contributed by atoms with Gasteiger partial charge in [0, 0.05) is 13.0 Å². The molecule has 0 amide bonds. The minimum Gasteiger partial charge on any atom is -0.481 e. The Morgan fingerprint density at radius 1 is 1.78 bits per heavy atom. The van der Waals surface area contributed by atoms with Crippen LogP contribution < -0.4 is 5.48 Å². The lowest BCUT2D eigenvalue weighted by molar-refractivity contribution is -0.137. The highest BCUT2D eigenvalue weighted by atomic mass is 16.6. The minimum absolute atomic E-state index is 0.191. The molecule has 0 bridgehead atoms. The summed E-state index contributed by atoms with van der Waals surface area (Å²) >= 11 is 0. The van der Waals surface area contributed by atoms with Crippen LogP contribution in [0.3, 0.4) is 0 Å². The lowest BCUT2D eigenvalue weighted by Crippen LogP contribution is -2.14. The summed E-state index contributed by atoms with van der Waals surface area (Å²) in [5.74, 6) is -0.770. The number of rotatable bonds is 5. The third-order valence-electron chi connectivity index (χ3n) is 0.814. The van der Waals surface area contributed by atoms with Crippen molar-refractivity contribution in [2.45, 2.75) is 12.8 Å². The Morgan fingerprint density at radius 3 is 2.89 bits per heavy atom. The van der Waals surface area contributed by atoms with Crippen LogP contribution in [0.2, 0.25) is 0 Å². The fraction of sp³-hybridized carbons (Fsp3) is 0.800. The second-order valence-corrected chi connectivity index (χ2v) is 1.60. The molecule has 54 valence electrons. The van der Waals surface area contributed by atoms with Crippen molar-refractivity contribution in [3.63, 3.8) is 0 Å². The molecule has 0 atom stereocenters. The Morgan fingerprint density at radius 2 is 2.44 bits per heavy atom. The molecule has 0 saturated carbocycles. The molecule has 0 fully saturated rings. The quantitative estimate of drug-likeness (QED) is 0.409. The standard InChI is InChI=1S/C5H11NO3/c1-9-6-4-2-3-5(7)8/h6H,2-4H2,1H3,(H,7,8). The first kappa shape index (κ1) is 8.39. The number of carboxylic acid groups (broad SMARTS) is 1. The summed E-state index contributed by atoms with van der Waals surface area (Å²) < 4.78 is 0. The van der Waals surface area contributed by atoms with E-state index in [2.05, 4.69) is 10.3 Å². The van der Waals surface area contributed by atoms with E-state index in [1.807, 2.05) is 0 Å². The number of hydrogen-bond acceptors (Lipinski definition) is 3. The second-order valence-electron chi connectivity index (χ2n) is 1.60. The monoisotopic (exact) mass is 133 g/mol. The van der Waals surface area contributed by atoms with E-state index in [4.69, 9.17) is 5.11 Å². The first-order valence-corrected chi connectivity index (χ1v) is 2.75. The van der Waals surface area contributed by atoms with Crippen molar-refractivity contribution >= 4 is 5.97 Å². The molecule has 4 heteroatoms. The fourth-order valence-corrected chi connectivity index (χ4v) is 0.414. The molecule has 0 radical (unpaired) electrons. The maximum absolute atomic E-state index is 9.89. The van der Waals surface area contributed by atoms with Gasteiger partial charge in [-0.25, -0.2) is 5.48 Å². The molecule has 4 nitrogen and oxygen atoms in total. The largest absolute Gasteiger partial charge is 0.481 e. The van der Waals surface area contributed by atoms with Crippen molar-refractivity contribution in [1.29, 1.82) is 0 Å². The number of carbonyl (C=O) groups is 1. The number of hydroxylamine groups is 1. The van der Waals surface area contributed by atoms with E-state index in [0.29, 0.717) is 13.0 Å². The van der Waals surface area contributed by atoms with Gasteiger partial charge in [-0.3, -0.25) is 4.79 Å². The van der Waals surface area contributed by atoms with E-state index in [1.165, 1.54) is 7.11 Å². The van der Waals surface area contributed by atoms with Crippen LogP contribution in [0.4, 0.5) is 0 Å². The zero-order valence-electron chi connectivity index (χ0n) is 5.39. The first-order valence-electron chi connectivity index (χ1n) is 2.75. The van der Waals surface area contributed by atoms with Crippen LogP contribution in [0.25, 0.3) is 0 Å². The highest BCUT2D eigenvalue weighted by molar-refractivity contribution is 5.66. The number of aliphatic carboxylic acids is 1. The molecular weight excluding hydrogens is 122 g/mol. The molecule has 0 aromatic rings. The van der Waals surface area contributed by atoms with Crippen LogP contribution in [0.5, 0.6) is 0 Å². The average Bonchev–Trinajstić information content (AvgIpc) is 1.80. The summed E-state index contributed by atoms with van der Waals surface area (Å²) in [6.07, 6.45) is 0.791. The average molecular weight is 133 g/mol. The molecule has 9 heavy (non-hydrogen) atoms. The molecular formula is C5H11NO3. The second kappa shape index (κ2) is 5.53. The van der Waals surface area contributed by atoms with E-state index < -0.39 is 5.97 Å². The predicted molar refractivity (Wildman–Crippen MR) is 31.9 cm³/mol. The van der Waals surface area contributed by atoms with E-state index in [-0.39, 0.29) is 6.42 Å². The van der Waals surface area contributed by atoms with E-state index >= 15 is 0 Å². The molecule has 0 rings (SSSR count). The Labute approximate surface area is 53.8 Å². The number of carboxylic acids is 1. The Bertz CT molecular complexity index is 84.3. The lowest BCUT2D eigenvalue weighted by Gasteiger charge is -1.96. The molecule has 0 heterocycles. The number of hydrogen-bond donors (Lipinski definition) is 2. The molecule has 0 aliphatic rings. The van der Waals surface area contributed by atoms with Gasteiger partial charge in [0.1, 0.15) is 0 Å². The zero-order valence-corrected chi connectivity index (χ0v) is 5.39. The molecule has 0 aliphatic heterocycles. The summed E-state index contributed by atoms with van der Waals surface area (Å²) in [5.41, 5.74) is 2.54. The fourth-order valence-electron chi connectivity index (χ4n) is 0.414. The van der Waals surface area contributed by atoms with E-state index in [9.17, 15) is 4.79 Å². The van der Waals surface area contributed by atoms with Crippen LogP contribution >= 0.6 is 0 Å². The molecule has 0 aliphatic carbocycles. The molecule has 0 spiro atoms. The first-order chi connectivity index (χ1) is 4.27. The van der Waals surface area contributed by atoms with Crippen LogP contribution in [0.15, 0.2) is 0 Å². The molecule has 0 saturated heterocycles. The van der Waals surface area contributed by atoms with Gasteiger partial charge in [0.2, 0.25) is 0 Å². The third-order valence-corrected chi connectivity index (χ3v) is 0.814. The molecule has 0 aromatic heterocycles. The summed E-state index contributed by atoms with van der Waals surface area (Å²) in [5, 5.41) is 8.14. The Hall–Kier alpha value is -0.610. The normalized spacial score (nSPS) is 9.44. The predicted octanol–water partition coefficient (Wildman–Crippen LogP) is 0.00220. The third kappa shape index (κ3) is 7.39. The molecule has 0 aromatic carbocycles. The van der Waals surface area contributed by atoms with Gasteiger partial charge in [-0.1, -0.05) is 0 Å². The SMILES string of the molecule is CONCCCC(=O)O. The van der Waals surface area contributed by atoms with Crippen LogP contribution in [-0.4, -0.2) is 24.7 Å². The zero-order chi connectivity index (χ0) is 7.11. The van der Waals surface area contributed by atoms with Crippen molar-refractivity contribution < 1.29 is 14.7 Å². The highest BCUT2D eigenvalue weighted by Crippen LogP contribution is 1.84. The molecule has 0 unspecified atom stereocenters. The van der Waals surface area contributed by atoms with Crippen molar-refractivity contribution in [3.8, 4) is 0 Å². The van der Waals surface area contributed by atoms with E-state index in [0.717, 1.165) is 0 Å². The van der Waals surface area contributed by atoms with Gasteiger partial charge in [-0.05, 0) is 6.42 Å². The molecule has 2 N–H and O–H groups in total. The van der Waals surface area contributed by atoms with Crippen molar-refractivity contribution in [2.75, 3.05) is 13.7 Å². The maximum atomic E-state index is 9.89. The Kier molecular flexibility index (Phi) is 5.15. The summed E-state index contributed by atoms with van der Waals surface area (Å²) in [4.78, 5) is 14.4. The van der Waals surface area contributed by atoms with Gasteiger partial charge in [-0.2, -0.15) is 0 Å². The maximum Gasteiger partial charge on any atom is 0.303 e. The van der Waals surface area contributed by atoms with Crippen LogP contribution in [0.1, 0.15) is 12.8 Å². The van der Waals surface area contributed by atoms with Crippen LogP contribution in [-0.2, 0) is 9.63 Å². The van der Waals surface area contributed by atoms with Crippen molar-refractivity contribution in [3.05, 3.63) is 0 Å². The summed E-state index contributed by atoms with van der Waals surface area (Å²) in [6.45, 7) is 0.586. The highest BCUT2D eigenvalue weighted by Gasteiger charge is 1.93. The Balaban J connectivity index is 2.83. The summed E-state index contributed by atoms with van der Waals surface area (Å²) in [6, 6.07) is 0.